The molecule has 3 aliphatic heterocycles. The molecule has 24 nitrogen and oxygen atoms in total. The molecule has 9 aromatic heterocycles. The van der Waals surface area contributed by atoms with Crippen molar-refractivity contribution in [3.05, 3.63) is 107 Å². The number of hydrogen-bond acceptors (Lipinski definition) is 21. The SMILES string of the molecule is COc1cc2ncc(-c3ccc(C#N)c(N[C@@H]4CCC(C5CC5c5nn6c(-c7ccc(C#N)c(N[C@H]8CNC(C9CC9c9nn%10c(-c%11nc(N[C@@H]%12CCCNC%12)ccc%11C#N)cnc%10cc9OC)C[C@@H]8F)n7)cnc6cc5OC)NC4)n3)n2nc1C1CC1. The second kappa shape index (κ2) is 22.6. The quantitative estimate of drug-likeness (QED) is 0.0521. The summed E-state index contributed by atoms with van der Waals surface area (Å²) < 4.78 is 39.4. The van der Waals surface area contributed by atoms with Gasteiger partial charge in [-0.2, -0.15) is 31.1 Å². The fourth-order valence-corrected chi connectivity index (χ4v) is 13.6. The first-order valence-electron chi connectivity index (χ1n) is 30.3. The van der Waals surface area contributed by atoms with Gasteiger partial charge < -0.3 is 46.1 Å². The summed E-state index contributed by atoms with van der Waals surface area (Å²) in [6.45, 7) is 2.81. The van der Waals surface area contributed by atoms with Gasteiger partial charge in [-0.15, -0.1) is 0 Å². The van der Waals surface area contributed by atoms with Gasteiger partial charge in [-0.25, -0.2) is 47.8 Å². The van der Waals surface area contributed by atoms with Gasteiger partial charge in [0.25, 0.3) is 0 Å². The highest BCUT2D eigenvalue weighted by Crippen LogP contribution is 2.54. The molecule has 3 saturated carbocycles. The van der Waals surface area contributed by atoms with E-state index in [0.717, 1.165) is 93.0 Å². The summed E-state index contributed by atoms with van der Waals surface area (Å²) in [6, 6.07) is 23.0. The number of pyridine rings is 3. The maximum atomic E-state index is 16.6. The van der Waals surface area contributed by atoms with Crippen molar-refractivity contribution < 1.29 is 18.6 Å². The fourth-order valence-electron chi connectivity index (χ4n) is 13.6. The predicted molar refractivity (Wildman–Crippen MR) is 323 cm³/mol. The number of aromatic nitrogens is 12. The van der Waals surface area contributed by atoms with E-state index in [2.05, 4.69) is 60.1 Å². The summed E-state index contributed by atoms with van der Waals surface area (Å²) in [5, 5.41) is 67.0. The highest BCUT2D eigenvalue weighted by molar-refractivity contribution is 5.70. The Morgan fingerprint density at radius 1 is 0.557 bits per heavy atom. The molecule has 88 heavy (non-hydrogen) atoms. The third-order valence-corrected chi connectivity index (χ3v) is 18.6. The standard InChI is InChI=1S/C63H64FN21O3/c1-86-51-20-55-71-29-48(83(55)80-59(51)32-6-7-32)44-12-8-34(24-66)62(76-44)75-37-11-14-43(69-27-37)38-17-40(38)60-52(87-2)21-56-72-30-49(84(56)81-60)45-13-9-35(25-67)63(77-45)78-47-28-70-46(19-42(47)64)39-18-41(39)61-53(88-3)22-57-73-31-50(85(57)82-61)58-33(23-65)10-15-54(79-58)74-36-5-4-16-68-26-36/h8-10,12-13,15,20-22,29-32,36-43,46-47,68-70H,4-7,11,14,16-19,26-28H2,1-3H3,(H,74,79)(H,75,76)(H,77,78)/t36-,37-,38?,39?,40?,41?,42+,43?,46?,47+/m1/s1. The fraction of sp³-hybridized carbons (Fsp3) is 0.429. The van der Waals surface area contributed by atoms with E-state index in [0.29, 0.717) is 105 Å². The average molecular weight is 1180 g/mol. The van der Waals surface area contributed by atoms with Gasteiger partial charge in [0.1, 0.15) is 98.9 Å². The average Bonchev–Trinajstić information content (AvgIpc) is 1.90. The molecule has 0 radical (unpaired) electrons. The van der Waals surface area contributed by atoms with Gasteiger partial charge in [0.15, 0.2) is 16.9 Å². The molecule has 3 saturated heterocycles. The molecule has 6 fully saturated rings. The second-order valence-corrected chi connectivity index (χ2v) is 24.1. The smallest absolute Gasteiger partial charge is 0.157 e. The Morgan fingerprint density at radius 3 is 1.66 bits per heavy atom. The molecule has 0 aromatic carbocycles. The van der Waals surface area contributed by atoms with Gasteiger partial charge in [0.2, 0.25) is 0 Å². The summed E-state index contributed by atoms with van der Waals surface area (Å²) in [7, 11) is 4.92. The lowest BCUT2D eigenvalue weighted by Gasteiger charge is -2.34. The number of alkyl halides is 1. The van der Waals surface area contributed by atoms with Crippen LogP contribution < -0.4 is 46.1 Å². The van der Waals surface area contributed by atoms with Crippen LogP contribution in [0.5, 0.6) is 17.2 Å². The van der Waals surface area contributed by atoms with Crippen LogP contribution in [0.4, 0.5) is 21.8 Å². The number of rotatable bonds is 17. The van der Waals surface area contributed by atoms with Crippen LogP contribution >= 0.6 is 0 Å². The normalized spacial score (nSPS) is 24.9. The van der Waals surface area contributed by atoms with E-state index in [1.165, 1.54) is 0 Å². The molecule has 6 unspecified atom stereocenters. The molecular formula is C63H64FN21O3. The molecule has 25 heteroatoms. The van der Waals surface area contributed by atoms with E-state index in [-0.39, 0.29) is 59.7 Å². The summed E-state index contributed by atoms with van der Waals surface area (Å²) in [5.41, 5.74) is 9.07. The van der Waals surface area contributed by atoms with Gasteiger partial charge in [-0.05, 0) is 113 Å². The van der Waals surface area contributed by atoms with Gasteiger partial charge in [0, 0.05) is 79.8 Å². The Hall–Kier alpha value is -9.61. The number of nitrogens with one attached hydrogen (secondary N) is 6. The lowest BCUT2D eigenvalue weighted by atomic mass is 9.94. The molecule has 6 N–H and O–H groups in total. The topological polar surface area (TPSA) is 300 Å². The molecule has 10 atom stereocenters. The number of hydrogen-bond donors (Lipinski definition) is 6. The third-order valence-electron chi connectivity index (χ3n) is 18.6. The minimum Gasteiger partial charge on any atom is -0.495 e. The number of imidazole rings is 3. The largest absolute Gasteiger partial charge is 0.495 e. The first-order valence-corrected chi connectivity index (χ1v) is 30.3. The summed E-state index contributed by atoms with van der Waals surface area (Å²) >= 11 is 0. The zero-order valence-corrected chi connectivity index (χ0v) is 48.8. The molecule has 9 aromatic rings. The number of nitrogens with zero attached hydrogens (tertiary/aromatic N) is 15. The molecule has 0 bridgehead atoms. The van der Waals surface area contributed by atoms with E-state index in [1.54, 1.807) is 73.2 Å². The van der Waals surface area contributed by atoms with E-state index in [1.807, 2.05) is 34.8 Å². The Morgan fingerprint density at radius 2 is 1.10 bits per heavy atom. The second-order valence-electron chi connectivity index (χ2n) is 24.1. The first-order chi connectivity index (χ1) is 43.2. The Kier molecular flexibility index (Phi) is 14.1. The highest BCUT2D eigenvalue weighted by Gasteiger charge is 2.50. The number of methoxy groups -OCH3 is 3. The number of ether oxygens (including phenoxy) is 3. The van der Waals surface area contributed by atoms with E-state index >= 15 is 4.39 Å². The van der Waals surface area contributed by atoms with Crippen molar-refractivity contribution >= 4 is 34.4 Å². The molecule has 0 spiro atoms. The number of halogens is 1. The molecular weight excluding hydrogens is 1120 g/mol. The van der Waals surface area contributed by atoms with Crippen LogP contribution in [0.1, 0.15) is 109 Å². The van der Waals surface area contributed by atoms with Crippen LogP contribution in [0, 0.1) is 45.8 Å². The van der Waals surface area contributed by atoms with Crippen LogP contribution in [0.2, 0.25) is 0 Å². The van der Waals surface area contributed by atoms with E-state index < -0.39 is 12.2 Å². The van der Waals surface area contributed by atoms with E-state index in [9.17, 15) is 15.8 Å². The first kappa shape index (κ1) is 55.0. The van der Waals surface area contributed by atoms with E-state index in [4.69, 9.17) is 49.4 Å². The lowest BCUT2D eigenvalue weighted by Crippen LogP contribution is -2.52. The number of nitriles is 3. The molecule has 6 aliphatic rings. The van der Waals surface area contributed by atoms with Crippen molar-refractivity contribution in [1.82, 2.24) is 74.7 Å². The van der Waals surface area contributed by atoms with Gasteiger partial charge in [-0.1, -0.05) is 0 Å². The van der Waals surface area contributed by atoms with Crippen LogP contribution in [-0.4, -0.2) is 143 Å². The van der Waals surface area contributed by atoms with Gasteiger partial charge in [-0.3, -0.25) is 0 Å². The zero-order valence-electron chi connectivity index (χ0n) is 48.8. The summed E-state index contributed by atoms with van der Waals surface area (Å²) in [6.07, 6.45) is 11.9. The Bertz CT molecular complexity index is 4320. The summed E-state index contributed by atoms with van der Waals surface area (Å²) in [5.74, 6) is 4.37. The lowest BCUT2D eigenvalue weighted by molar-refractivity contribution is 0.192. The number of fused-ring (bicyclic) bond motifs is 3. The van der Waals surface area contributed by atoms with Crippen LogP contribution in [0.15, 0.2) is 73.2 Å². The maximum Gasteiger partial charge on any atom is 0.157 e. The molecule has 0 amide bonds. The van der Waals surface area contributed by atoms with Crippen LogP contribution in [0.3, 0.4) is 0 Å². The maximum absolute atomic E-state index is 16.6. The third kappa shape index (κ3) is 10.2. The molecule has 446 valence electrons. The highest BCUT2D eigenvalue weighted by atomic mass is 19.1. The van der Waals surface area contributed by atoms with Gasteiger partial charge >= 0.3 is 0 Å². The van der Waals surface area contributed by atoms with Crippen molar-refractivity contribution in [2.75, 3.05) is 63.5 Å². The minimum absolute atomic E-state index is 0.0114. The molecule has 15 rings (SSSR count). The van der Waals surface area contributed by atoms with Crippen molar-refractivity contribution in [3.8, 4) is 69.6 Å². The monoisotopic (exact) mass is 1180 g/mol. The van der Waals surface area contributed by atoms with Crippen molar-refractivity contribution in [2.45, 2.75) is 112 Å². The van der Waals surface area contributed by atoms with Gasteiger partial charge in [0.05, 0.1) is 74.0 Å². The van der Waals surface area contributed by atoms with Crippen LogP contribution in [-0.2, 0) is 0 Å². The van der Waals surface area contributed by atoms with Crippen molar-refractivity contribution in [2.24, 2.45) is 11.8 Å². The minimum atomic E-state index is -1.26. The van der Waals surface area contributed by atoms with Crippen molar-refractivity contribution in [1.29, 1.82) is 15.8 Å². The number of anilines is 3. The Balaban J connectivity index is 0.599. The zero-order chi connectivity index (χ0) is 59.7. The molecule has 3 aliphatic carbocycles. The number of piperidine rings is 3. The molecule has 12 heterocycles. The van der Waals surface area contributed by atoms with Crippen molar-refractivity contribution in [3.63, 3.8) is 0 Å². The predicted octanol–water partition coefficient (Wildman–Crippen LogP) is 7.30. The Labute approximate surface area is 505 Å². The van der Waals surface area contributed by atoms with Crippen LogP contribution in [0.25, 0.3) is 51.1 Å². The summed E-state index contributed by atoms with van der Waals surface area (Å²) in [4.78, 5) is 28.8.